The first-order chi connectivity index (χ1) is 16.0. The molecule has 170 valence electrons. The van der Waals surface area contributed by atoms with Gasteiger partial charge in [-0.15, -0.1) is 0 Å². The molecule has 1 fully saturated rings. The normalized spacial score (nSPS) is 16.2. The zero-order valence-corrected chi connectivity index (χ0v) is 19.5. The smallest absolute Gasteiger partial charge is 0.243 e. The van der Waals surface area contributed by atoms with Crippen LogP contribution in [0.25, 0.3) is 0 Å². The van der Waals surface area contributed by atoms with E-state index in [9.17, 15) is 8.42 Å². The van der Waals surface area contributed by atoms with E-state index in [-0.39, 0.29) is 4.90 Å². The second-order valence-electron chi connectivity index (χ2n) is 7.72. The maximum absolute atomic E-state index is 13.1. The average molecular weight is 484 g/mol. The van der Waals surface area contributed by atoms with Gasteiger partial charge in [0, 0.05) is 37.3 Å². The molecule has 5 rings (SSSR count). The summed E-state index contributed by atoms with van der Waals surface area (Å²) in [5, 5.41) is 0.397. The van der Waals surface area contributed by atoms with Crippen molar-refractivity contribution in [1.29, 1.82) is 0 Å². The molecule has 0 N–H and O–H groups in total. The Kier molecular flexibility index (Phi) is 5.74. The number of sulfonamides is 1. The first-order valence-corrected chi connectivity index (χ1v) is 12.3. The van der Waals surface area contributed by atoms with Crippen molar-refractivity contribution in [3.8, 4) is 17.2 Å². The van der Waals surface area contributed by atoms with Crippen LogP contribution in [0.4, 0.5) is 5.69 Å². The summed E-state index contributed by atoms with van der Waals surface area (Å²) >= 11 is 6.01. The Hall–Kier alpha value is -3.07. The summed E-state index contributed by atoms with van der Waals surface area (Å²) < 4.78 is 39.2. The van der Waals surface area contributed by atoms with Gasteiger partial charge in [0.05, 0.1) is 17.6 Å². The van der Waals surface area contributed by atoms with Gasteiger partial charge < -0.3 is 14.4 Å². The largest absolute Gasteiger partial charge is 0.497 e. The summed E-state index contributed by atoms with van der Waals surface area (Å²) in [4.78, 5) is 7.21. The van der Waals surface area contributed by atoms with Crippen molar-refractivity contribution in [1.82, 2.24) is 9.21 Å². The lowest BCUT2D eigenvalue weighted by molar-refractivity contribution is 0.266. The van der Waals surface area contributed by atoms with Crippen LogP contribution < -0.4 is 9.47 Å². The van der Waals surface area contributed by atoms with Crippen molar-refractivity contribution in [2.75, 3.05) is 33.3 Å². The topological polar surface area (TPSA) is 71.4 Å². The van der Waals surface area contributed by atoms with Gasteiger partial charge in [-0.3, -0.25) is 0 Å². The molecule has 0 aromatic heterocycles. The van der Waals surface area contributed by atoms with Gasteiger partial charge in [0.2, 0.25) is 10.0 Å². The van der Waals surface area contributed by atoms with Gasteiger partial charge in [-0.05, 0) is 42.5 Å². The zero-order valence-electron chi connectivity index (χ0n) is 17.9. The monoisotopic (exact) mass is 483 g/mol. The molecule has 0 aliphatic carbocycles. The molecule has 3 aromatic carbocycles. The number of piperazine rings is 1. The molecule has 2 aliphatic rings. The van der Waals surface area contributed by atoms with Crippen molar-refractivity contribution >= 4 is 33.1 Å². The van der Waals surface area contributed by atoms with E-state index in [1.807, 2.05) is 42.5 Å². The number of aliphatic imine (C=N–C) groups is 1. The Morgan fingerprint density at radius 2 is 1.73 bits per heavy atom. The number of fused-ring (bicyclic) bond motifs is 2. The third kappa shape index (κ3) is 4.17. The molecule has 7 nitrogen and oxygen atoms in total. The molecule has 3 aromatic rings. The molecule has 2 heterocycles. The maximum atomic E-state index is 13.1. The van der Waals surface area contributed by atoms with Gasteiger partial charge in [0.1, 0.15) is 23.0 Å². The Morgan fingerprint density at radius 3 is 2.48 bits per heavy atom. The van der Waals surface area contributed by atoms with Crippen molar-refractivity contribution in [2.24, 2.45) is 4.99 Å². The van der Waals surface area contributed by atoms with Crippen molar-refractivity contribution in [3.63, 3.8) is 0 Å². The van der Waals surface area contributed by atoms with E-state index >= 15 is 0 Å². The molecule has 0 radical (unpaired) electrons. The van der Waals surface area contributed by atoms with Gasteiger partial charge in [-0.1, -0.05) is 29.8 Å². The Morgan fingerprint density at radius 1 is 0.939 bits per heavy atom. The van der Waals surface area contributed by atoms with Crippen LogP contribution in [-0.2, 0) is 10.0 Å². The molecule has 1 saturated heterocycles. The van der Waals surface area contributed by atoms with Gasteiger partial charge in [0.25, 0.3) is 0 Å². The third-order valence-electron chi connectivity index (χ3n) is 5.71. The third-order valence-corrected chi connectivity index (χ3v) is 7.84. The molecule has 0 bridgehead atoms. The van der Waals surface area contributed by atoms with Gasteiger partial charge >= 0.3 is 0 Å². The minimum Gasteiger partial charge on any atom is -0.497 e. The van der Waals surface area contributed by atoms with Gasteiger partial charge in [0.15, 0.2) is 5.75 Å². The fourth-order valence-corrected chi connectivity index (χ4v) is 5.71. The van der Waals surface area contributed by atoms with E-state index in [1.165, 1.54) is 10.4 Å². The Labute approximate surface area is 197 Å². The summed E-state index contributed by atoms with van der Waals surface area (Å²) in [6.45, 7) is 1.66. The van der Waals surface area contributed by atoms with Crippen LogP contribution in [-0.4, -0.2) is 56.7 Å². The van der Waals surface area contributed by atoms with Crippen LogP contribution in [0, 0.1) is 0 Å². The van der Waals surface area contributed by atoms with Crippen molar-refractivity contribution in [3.05, 3.63) is 77.3 Å². The van der Waals surface area contributed by atoms with Crippen LogP contribution >= 0.6 is 11.6 Å². The number of para-hydroxylation sites is 2. The van der Waals surface area contributed by atoms with Crippen LogP contribution in [0.1, 0.15) is 5.56 Å². The number of methoxy groups -OCH3 is 1. The minimum atomic E-state index is -3.62. The van der Waals surface area contributed by atoms with E-state index in [2.05, 4.69) is 4.90 Å². The fourth-order valence-electron chi connectivity index (χ4n) is 3.99. The summed E-state index contributed by atoms with van der Waals surface area (Å²) in [6.07, 6.45) is 0. The lowest BCUT2D eigenvalue weighted by atomic mass is 10.1. The second-order valence-corrected chi connectivity index (χ2v) is 10.1. The highest BCUT2D eigenvalue weighted by molar-refractivity contribution is 7.89. The predicted molar refractivity (Wildman–Crippen MR) is 127 cm³/mol. The lowest BCUT2D eigenvalue weighted by Crippen LogP contribution is -2.50. The van der Waals surface area contributed by atoms with Gasteiger partial charge in [-0.2, -0.15) is 4.31 Å². The molecule has 0 atom stereocenters. The van der Waals surface area contributed by atoms with Crippen LogP contribution in [0.2, 0.25) is 5.02 Å². The Bertz CT molecular complexity index is 1340. The zero-order chi connectivity index (χ0) is 23.0. The number of benzene rings is 3. The predicted octanol–water partition coefficient (Wildman–Crippen LogP) is 4.54. The lowest BCUT2D eigenvalue weighted by Gasteiger charge is -2.36. The van der Waals surface area contributed by atoms with E-state index in [0.717, 1.165) is 17.1 Å². The number of hydrogen-bond acceptors (Lipinski definition) is 6. The van der Waals surface area contributed by atoms with E-state index in [4.69, 9.17) is 26.1 Å². The Balaban J connectivity index is 1.45. The van der Waals surface area contributed by atoms with Crippen LogP contribution in [0.3, 0.4) is 0 Å². The molecule has 0 spiro atoms. The first kappa shape index (κ1) is 21.8. The molecule has 33 heavy (non-hydrogen) atoms. The molecular weight excluding hydrogens is 462 g/mol. The van der Waals surface area contributed by atoms with Crippen molar-refractivity contribution in [2.45, 2.75) is 4.90 Å². The summed E-state index contributed by atoms with van der Waals surface area (Å²) in [5.74, 6) is 2.73. The quantitative estimate of drug-likeness (QED) is 0.547. The highest BCUT2D eigenvalue weighted by atomic mass is 35.5. The van der Waals surface area contributed by atoms with Crippen LogP contribution in [0.15, 0.2) is 76.6 Å². The summed E-state index contributed by atoms with van der Waals surface area (Å²) in [5.41, 5.74) is 1.55. The maximum Gasteiger partial charge on any atom is 0.243 e. The summed E-state index contributed by atoms with van der Waals surface area (Å²) in [7, 11) is -2.01. The standard InChI is InChI=1S/C24H22ClN3O4S/c1-31-18-9-10-20-23(16-18)32-22-8-3-2-7-21(22)26-24(20)27-11-13-28(14-12-27)33(29,30)19-6-4-5-17(25)15-19/h2-10,15-16H,11-14H2,1H3. The first-order valence-electron chi connectivity index (χ1n) is 10.5. The van der Waals surface area contributed by atoms with Crippen molar-refractivity contribution < 1.29 is 17.9 Å². The summed E-state index contributed by atoms with van der Waals surface area (Å²) in [6, 6.07) is 19.6. The number of rotatable bonds is 3. The number of nitrogens with zero attached hydrogens (tertiary/aromatic N) is 3. The second kappa shape index (κ2) is 8.70. The molecule has 9 heteroatoms. The highest BCUT2D eigenvalue weighted by Crippen LogP contribution is 2.39. The number of amidine groups is 1. The minimum absolute atomic E-state index is 0.204. The SMILES string of the molecule is COc1ccc2c(c1)Oc1ccccc1N=C2N1CCN(S(=O)(=O)c2cccc(Cl)c2)CC1. The highest BCUT2D eigenvalue weighted by Gasteiger charge is 2.31. The number of hydrogen-bond donors (Lipinski definition) is 0. The molecule has 0 unspecified atom stereocenters. The van der Waals surface area contributed by atoms with E-state index in [0.29, 0.717) is 48.5 Å². The molecular formula is C24H22ClN3O4S. The fraction of sp³-hybridized carbons (Fsp3) is 0.208. The average Bonchev–Trinajstić information content (AvgIpc) is 3.00. The van der Waals surface area contributed by atoms with Gasteiger partial charge in [-0.25, -0.2) is 13.4 Å². The molecule has 2 aliphatic heterocycles. The molecule has 0 amide bonds. The number of ether oxygens (including phenoxy) is 2. The van der Waals surface area contributed by atoms with Crippen LogP contribution in [0.5, 0.6) is 17.2 Å². The molecule has 0 saturated carbocycles. The number of halogens is 1. The van der Waals surface area contributed by atoms with E-state index in [1.54, 1.807) is 25.3 Å². The van der Waals surface area contributed by atoms with E-state index < -0.39 is 10.0 Å².